The number of esters is 2. The van der Waals surface area contributed by atoms with Gasteiger partial charge in [0.2, 0.25) is 5.79 Å². The van der Waals surface area contributed by atoms with E-state index in [1.165, 1.54) is 33.3 Å². The molecule has 204 valence electrons. The Morgan fingerprint density at radius 3 is 2.49 bits per heavy atom. The average Bonchev–Trinajstić information content (AvgIpc) is 2.87. The Morgan fingerprint density at radius 1 is 1.24 bits per heavy atom. The zero-order chi connectivity index (χ0) is 27.6. The first-order valence-corrected chi connectivity index (χ1v) is 12.1. The number of ether oxygens (including phenoxy) is 5. The molecular formula is C28H38O9. The molecule has 1 N–H and O–H groups in total. The van der Waals surface area contributed by atoms with Crippen LogP contribution in [0.25, 0.3) is 0 Å². The number of allylic oxidation sites excluding steroid dienone is 1. The third-order valence-electron chi connectivity index (χ3n) is 6.47. The van der Waals surface area contributed by atoms with Gasteiger partial charge in [0.05, 0.1) is 32.0 Å². The van der Waals surface area contributed by atoms with Crippen LogP contribution in [0.2, 0.25) is 0 Å². The lowest BCUT2D eigenvalue weighted by molar-refractivity contribution is -0.338. The van der Waals surface area contributed by atoms with Crippen LogP contribution >= 0.6 is 0 Å². The molecule has 0 bridgehead atoms. The van der Waals surface area contributed by atoms with Crippen molar-refractivity contribution in [1.82, 2.24) is 0 Å². The summed E-state index contributed by atoms with van der Waals surface area (Å²) in [4.78, 5) is 35.4. The maximum atomic E-state index is 12.2. The standard InChI is InChI=1S/C28H38O9/c1-19(35-18-21-11-8-7-9-12-21)24(31)17-23-15-22(16-25(32)33-5)26(36-20(2)30)28(34-6,37-23)27(3,4)13-10-14-29/h7-14,16,19,23-24,26,31H,15,17-18H2,1-6H3/b13-10+,22-16+/t19-,23+,24-,26+,28-/m1/s1. The molecule has 9 nitrogen and oxygen atoms in total. The van der Waals surface area contributed by atoms with Crippen molar-refractivity contribution in [3.8, 4) is 0 Å². The van der Waals surface area contributed by atoms with Crippen LogP contribution in [0.1, 0.15) is 46.1 Å². The molecule has 0 aliphatic carbocycles. The van der Waals surface area contributed by atoms with Crippen molar-refractivity contribution in [1.29, 1.82) is 0 Å². The van der Waals surface area contributed by atoms with Crippen molar-refractivity contribution >= 4 is 18.2 Å². The first-order valence-electron chi connectivity index (χ1n) is 12.1. The molecule has 5 atom stereocenters. The summed E-state index contributed by atoms with van der Waals surface area (Å²) in [5, 5.41) is 11.0. The largest absolute Gasteiger partial charge is 0.466 e. The van der Waals surface area contributed by atoms with Crippen molar-refractivity contribution in [2.24, 2.45) is 5.41 Å². The summed E-state index contributed by atoms with van der Waals surface area (Å²) in [5.74, 6) is -2.88. The van der Waals surface area contributed by atoms with Gasteiger partial charge in [-0.3, -0.25) is 9.59 Å². The van der Waals surface area contributed by atoms with E-state index in [4.69, 9.17) is 23.7 Å². The van der Waals surface area contributed by atoms with E-state index in [9.17, 15) is 19.5 Å². The van der Waals surface area contributed by atoms with E-state index in [0.717, 1.165) is 5.56 Å². The zero-order valence-electron chi connectivity index (χ0n) is 22.3. The molecule has 1 fully saturated rings. The quantitative estimate of drug-likeness (QED) is 0.253. The van der Waals surface area contributed by atoms with Crippen LogP contribution in [-0.4, -0.2) is 67.8 Å². The van der Waals surface area contributed by atoms with E-state index >= 15 is 0 Å². The van der Waals surface area contributed by atoms with Crippen LogP contribution in [0.3, 0.4) is 0 Å². The highest BCUT2D eigenvalue weighted by Crippen LogP contribution is 2.48. The summed E-state index contributed by atoms with van der Waals surface area (Å²) in [5.41, 5.74) is 0.361. The Labute approximate surface area is 218 Å². The smallest absolute Gasteiger partial charge is 0.330 e. The van der Waals surface area contributed by atoms with Gasteiger partial charge in [0.15, 0.2) is 6.10 Å². The molecule has 1 aliphatic heterocycles. The Bertz CT molecular complexity index is 969. The Kier molecular flexibility index (Phi) is 11.2. The van der Waals surface area contributed by atoms with E-state index < -0.39 is 47.6 Å². The molecule has 37 heavy (non-hydrogen) atoms. The summed E-state index contributed by atoms with van der Waals surface area (Å²) >= 11 is 0. The lowest BCUT2D eigenvalue weighted by Crippen LogP contribution is -2.63. The van der Waals surface area contributed by atoms with E-state index in [2.05, 4.69) is 0 Å². The van der Waals surface area contributed by atoms with Crippen molar-refractivity contribution in [3.05, 3.63) is 59.7 Å². The van der Waals surface area contributed by atoms with Gasteiger partial charge < -0.3 is 28.8 Å². The number of methoxy groups -OCH3 is 2. The molecule has 1 aromatic rings. The number of aliphatic hydroxyl groups is 1. The first kappa shape index (κ1) is 30.4. The second-order valence-electron chi connectivity index (χ2n) is 9.57. The average molecular weight is 519 g/mol. The van der Waals surface area contributed by atoms with Gasteiger partial charge in [-0.15, -0.1) is 0 Å². The lowest BCUT2D eigenvalue weighted by Gasteiger charge is -2.53. The lowest BCUT2D eigenvalue weighted by atomic mass is 9.74. The van der Waals surface area contributed by atoms with E-state index in [1.54, 1.807) is 26.8 Å². The second-order valence-corrected chi connectivity index (χ2v) is 9.57. The van der Waals surface area contributed by atoms with Crippen molar-refractivity contribution in [2.45, 2.75) is 77.3 Å². The summed E-state index contributed by atoms with van der Waals surface area (Å²) in [6, 6.07) is 9.61. The molecular weight excluding hydrogens is 480 g/mol. The maximum Gasteiger partial charge on any atom is 0.330 e. The van der Waals surface area contributed by atoms with Crippen LogP contribution in [0.4, 0.5) is 0 Å². The monoisotopic (exact) mass is 518 g/mol. The van der Waals surface area contributed by atoms with Gasteiger partial charge in [0, 0.05) is 31.9 Å². The highest BCUT2D eigenvalue weighted by Gasteiger charge is 2.59. The topological polar surface area (TPSA) is 118 Å². The van der Waals surface area contributed by atoms with E-state index in [-0.39, 0.29) is 12.8 Å². The van der Waals surface area contributed by atoms with Crippen LogP contribution < -0.4 is 0 Å². The molecule has 0 saturated carbocycles. The number of benzene rings is 1. The Balaban J connectivity index is 2.39. The molecule has 0 radical (unpaired) electrons. The first-order chi connectivity index (χ1) is 17.5. The minimum Gasteiger partial charge on any atom is -0.466 e. The van der Waals surface area contributed by atoms with Gasteiger partial charge >= 0.3 is 11.9 Å². The molecule has 1 saturated heterocycles. The molecule has 0 spiro atoms. The minimum absolute atomic E-state index is 0.139. The van der Waals surface area contributed by atoms with Gasteiger partial charge in [-0.25, -0.2) is 4.79 Å². The number of carbonyl (C=O) groups excluding carboxylic acids is 3. The number of aldehydes is 1. The number of carbonyl (C=O) groups is 3. The number of rotatable bonds is 12. The molecule has 1 aliphatic rings. The molecule has 0 aromatic heterocycles. The van der Waals surface area contributed by atoms with Gasteiger partial charge in [-0.05, 0) is 30.6 Å². The Hall–Kier alpha value is -2.85. The third-order valence-corrected chi connectivity index (χ3v) is 6.47. The molecule has 1 aromatic carbocycles. The molecule has 9 heteroatoms. The van der Waals surface area contributed by atoms with E-state index in [1.807, 2.05) is 30.3 Å². The SMILES string of the molecule is COC(=O)/C=C1\C[C@@H](C[C@@H](O)[C@@H](C)OCc2ccccc2)O[C@@](OC)(C(C)(C)/C=C/C=O)[C@H]1OC(C)=O. The summed E-state index contributed by atoms with van der Waals surface area (Å²) in [6.45, 7) is 6.86. The highest BCUT2D eigenvalue weighted by molar-refractivity contribution is 5.83. The maximum absolute atomic E-state index is 12.2. The third kappa shape index (κ3) is 7.82. The van der Waals surface area contributed by atoms with Gasteiger partial charge in [-0.2, -0.15) is 0 Å². The highest BCUT2D eigenvalue weighted by atomic mass is 16.7. The van der Waals surface area contributed by atoms with Crippen molar-refractivity contribution < 1.29 is 43.2 Å². The molecule has 1 heterocycles. The second kappa shape index (κ2) is 13.6. The van der Waals surface area contributed by atoms with Gasteiger partial charge in [0.1, 0.15) is 6.29 Å². The van der Waals surface area contributed by atoms with Gasteiger partial charge in [-0.1, -0.05) is 50.3 Å². The van der Waals surface area contributed by atoms with E-state index in [0.29, 0.717) is 18.5 Å². The predicted octanol–water partition coefficient (Wildman–Crippen LogP) is 3.29. The minimum atomic E-state index is -1.63. The Morgan fingerprint density at radius 2 is 1.92 bits per heavy atom. The van der Waals surface area contributed by atoms with Crippen molar-refractivity contribution in [3.63, 3.8) is 0 Å². The fraction of sp³-hybridized carbons (Fsp3) is 0.536. The van der Waals surface area contributed by atoms with Crippen LogP contribution in [0.15, 0.2) is 54.1 Å². The molecule has 0 unspecified atom stereocenters. The zero-order valence-corrected chi connectivity index (χ0v) is 22.3. The van der Waals surface area contributed by atoms with Crippen LogP contribution in [-0.2, 0) is 44.7 Å². The number of hydrogen-bond donors (Lipinski definition) is 1. The normalized spacial score (nSPS) is 25.0. The fourth-order valence-corrected chi connectivity index (χ4v) is 4.44. The summed E-state index contributed by atoms with van der Waals surface area (Å²) in [6.07, 6.45) is 1.84. The van der Waals surface area contributed by atoms with Crippen LogP contribution in [0.5, 0.6) is 0 Å². The fourth-order valence-electron chi connectivity index (χ4n) is 4.44. The van der Waals surface area contributed by atoms with Gasteiger partial charge in [0.25, 0.3) is 0 Å². The number of aliphatic hydroxyl groups excluding tert-OH is 1. The van der Waals surface area contributed by atoms with Crippen molar-refractivity contribution in [2.75, 3.05) is 14.2 Å². The number of hydrogen-bond acceptors (Lipinski definition) is 9. The van der Waals surface area contributed by atoms with Crippen LogP contribution in [0, 0.1) is 5.41 Å². The summed E-state index contributed by atoms with van der Waals surface area (Å²) < 4.78 is 28.7. The molecule has 2 rings (SSSR count). The predicted molar refractivity (Wildman–Crippen MR) is 135 cm³/mol. The molecule has 0 amide bonds. The summed E-state index contributed by atoms with van der Waals surface area (Å²) in [7, 11) is 2.64.